The summed E-state index contributed by atoms with van der Waals surface area (Å²) in [5.74, 6) is -0.290. The van der Waals surface area contributed by atoms with Crippen molar-refractivity contribution in [3.63, 3.8) is 0 Å². The Balaban J connectivity index is 2.14. The van der Waals surface area contributed by atoms with Gasteiger partial charge < -0.3 is 5.73 Å². The molecule has 1 unspecified atom stereocenters. The van der Waals surface area contributed by atoms with E-state index < -0.39 is 0 Å². The van der Waals surface area contributed by atoms with Gasteiger partial charge in [-0.2, -0.15) is 0 Å². The Labute approximate surface area is 117 Å². The smallest absolute Gasteiger partial charge is 0.137 e. The molecule has 0 fully saturated rings. The third-order valence-corrected chi connectivity index (χ3v) is 4.32. The molecule has 1 atom stereocenters. The summed E-state index contributed by atoms with van der Waals surface area (Å²) in [7, 11) is 0. The summed E-state index contributed by atoms with van der Waals surface area (Å²) in [6.45, 7) is 0. The summed E-state index contributed by atoms with van der Waals surface area (Å²) in [5.41, 5.74) is 6.82. The quantitative estimate of drug-likeness (QED) is 0.876. The van der Waals surface area contributed by atoms with Gasteiger partial charge in [0.25, 0.3) is 0 Å². The molecule has 1 aromatic heterocycles. The molecule has 1 nitrogen and oxygen atoms in total. The normalized spacial score (nSPS) is 12.7. The van der Waals surface area contributed by atoms with Gasteiger partial charge in [0.15, 0.2) is 0 Å². The number of benzene rings is 1. The predicted molar refractivity (Wildman–Crippen MR) is 74.1 cm³/mol. The summed E-state index contributed by atoms with van der Waals surface area (Å²) < 4.78 is 14.6. The Morgan fingerprint density at radius 1 is 1.35 bits per heavy atom. The summed E-state index contributed by atoms with van der Waals surface area (Å²) >= 11 is 10.5. The molecule has 0 radical (unpaired) electrons. The van der Waals surface area contributed by atoms with Crippen LogP contribution in [0.15, 0.2) is 34.8 Å². The number of hydrogen-bond acceptors (Lipinski definition) is 2. The van der Waals surface area contributed by atoms with Gasteiger partial charge in [-0.1, -0.05) is 17.7 Å². The Hall–Kier alpha value is -0.420. The van der Waals surface area contributed by atoms with Crippen LogP contribution < -0.4 is 5.73 Å². The molecule has 0 spiro atoms. The van der Waals surface area contributed by atoms with Crippen molar-refractivity contribution in [1.82, 2.24) is 0 Å². The molecular formula is C12H10BrClFNS. The van der Waals surface area contributed by atoms with Crippen LogP contribution in [0.5, 0.6) is 0 Å². The van der Waals surface area contributed by atoms with Gasteiger partial charge in [0.1, 0.15) is 5.82 Å². The molecule has 1 aromatic carbocycles. The van der Waals surface area contributed by atoms with Crippen molar-refractivity contribution in [3.8, 4) is 0 Å². The fraction of sp³-hybridized carbons (Fsp3) is 0.167. The maximum atomic E-state index is 13.4. The molecule has 5 heteroatoms. The van der Waals surface area contributed by atoms with Crippen LogP contribution in [0.2, 0.25) is 4.34 Å². The van der Waals surface area contributed by atoms with E-state index in [4.69, 9.17) is 17.3 Å². The molecule has 0 amide bonds. The zero-order chi connectivity index (χ0) is 12.4. The zero-order valence-electron chi connectivity index (χ0n) is 8.79. The van der Waals surface area contributed by atoms with Crippen molar-refractivity contribution >= 4 is 38.9 Å². The van der Waals surface area contributed by atoms with Crippen molar-refractivity contribution in [2.75, 3.05) is 0 Å². The van der Waals surface area contributed by atoms with Crippen LogP contribution in [0, 0.1) is 5.82 Å². The lowest BCUT2D eigenvalue weighted by atomic mass is 10.0. The summed E-state index contributed by atoms with van der Waals surface area (Å²) in [6, 6.07) is 8.54. The Kier molecular flexibility index (Phi) is 4.20. The first kappa shape index (κ1) is 13.0. The number of thiophene rings is 1. The lowest BCUT2D eigenvalue weighted by Gasteiger charge is -2.11. The van der Waals surface area contributed by atoms with Crippen LogP contribution in [-0.2, 0) is 6.42 Å². The van der Waals surface area contributed by atoms with Gasteiger partial charge in [-0.05, 0) is 45.8 Å². The van der Waals surface area contributed by atoms with Crippen LogP contribution in [0.4, 0.5) is 4.39 Å². The average Bonchev–Trinajstić information content (AvgIpc) is 2.68. The maximum Gasteiger partial charge on any atom is 0.137 e. The van der Waals surface area contributed by atoms with Gasteiger partial charge in [0.2, 0.25) is 0 Å². The molecule has 0 saturated carbocycles. The molecule has 0 aliphatic carbocycles. The molecule has 0 saturated heterocycles. The molecule has 2 aromatic rings. The monoisotopic (exact) mass is 333 g/mol. The number of halogens is 3. The van der Waals surface area contributed by atoms with Crippen molar-refractivity contribution in [1.29, 1.82) is 0 Å². The van der Waals surface area contributed by atoms with Crippen LogP contribution in [0.3, 0.4) is 0 Å². The van der Waals surface area contributed by atoms with Crippen LogP contribution >= 0.6 is 38.9 Å². The summed E-state index contributed by atoms with van der Waals surface area (Å²) in [6.07, 6.45) is 0.665. The highest BCUT2D eigenvalue weighted by Gasteiger charge is 2.10. The zero-order valence-corrected chi connectivity index (χ0v) is 11.9. The molecule has 0 aliphatic heterocycles. The molecule has 90 valence electrons. The minimum Gasteiger partial charge on any atom is -0.324 e. The highest BCUT2D eigenvalue weighted by atomic mass is 79.9. The first-order valence-electron chi connectivity index (χ1n) is 5.01. The fourth-order valence-corrected chi connectivity index (χ4v) is 2.93. The van der Waals surface area contributed by atoms with E-state index in [9.17, 15) is 4.39 Å². The van der Waals surface area contributed by atoms with Crippen molar-refractivity contribution < 1.29 is 4.39 Å². The van der Waals surface area contributed by atoms with Crippen molar-refractivity contribution in [2.24, 2.45) is 5.73 Å². The molecule has 0 aliphatic rings. The first-order valence-corrected chi connectivity index (χ1v) is 7.00. The van der Waals surface area contributed by atoms with E-state index in [0.29, 0.717) is 10.9 Å². The van der Waals surface area contributed by atoms with Crippen LogP contribution in [0.25, 0.3) is 0 Å². The van der Waals surface area contributed by atoms with E-state index >= 15 is 0 Å². The molecular weight excluding hydrogens is 325 g/mol. The Bertz CT molecular complexity index is 529. The fourth-order valence-electron chi connectivity index (χ4n) is 1.54. The van der Waals surface area contributed by atoms with E-state index in [1.54, 1.807) is 6.07 Å². The van der Waals surface area contributed by atoms with Crippen LogP contribution in [-0.4, -0.2) is 0 Å². The van der Waals surface area contributed by atoms with Gasteiger partial charge in [-0.15, -0.1) is 11.3 Å². The second kappa shape index (κ2) is 5.48. The molecule has 1 heterocycles. The molecule has 2 rings (SSSR count). The second-order valence-corrected chi connectivity index (χ2v) is 6.34. The van der Waals surface area contributed by atoms with E-state index in [2.05, 4.69) is 15.9 Å². The number of rotatable bonds is 3. The van der Waals surface area contributed by atoms with Crippen molar-refractivity contribution in [3.05, 3.63) is 55.4 Å². The Morgan fingerprint density at radius 3 is 2.71 bits per heavy atom. The topological polar surface area (TPSA) is 26.0 Å². The van der Waals surface area contributed by atoms with E-state index in [1.807, 2.05) is 18.2 Å². The summed E-state index contributed by atoms with van der Waals surface area (Å²) in [5, 5.41) is 0. The van der Waals surface area contributed by atoms with Crippen LogP contribution in [0.1, 0.15) is 16.5 Å². The number of hydrogen-bond donors (Lipinski definition) is 1. The van der Waals surface area contributed by atoms with Gasteiger partial charge in [-0.3, -0.25) is 0 Å². The third-order valence-electron chi connectivity index (χ3n) is 2.42. The standard InChI is InChI=1S/C12H10BrClFNS/c13-9-3-1-7(5-10(9)15)11(16)6-8-2-4-12(14)17-8/h1-5,11H,6,16H2. The lowest BCUT2D eigenvalue weighted by Crippen LogP contribution is -2.12. The van der Waals surface area contributed by atoms with Gasteiger partial charge in [0, 0.05) is 17.3 Å². The molecule has 17 heavy (non-hydrogen) atoms. The molecule has 2 N–H and O–H groups in total. The van der Waals surface area contributed by atoms with E-state index in [1.165, 1.54) is 17.4 Å². The van der Waals surface area contributed by atoms with Gasteiger partial charge >= 0.3 is 0 Å². The highest BCUT2D eigenvalue weighted by Crippen LogP contribution is 2.27. The Morgan fingerprint density at radius 2 is 2.12 bits per heavy atom. The summed E-state index contributed by atoms with van der Waals surface area (Å²) in [4.78, 5) is 1.10. The third kappa shape index (κ3) is 3.28. The van der Waals surface area contributed by atoms with Crippen molar-refractivity contribution in [2.45, 2.75) is 12.5 Å². The first-order chi connectivity index (χ1) is 8.06. The predicted octanol–water partition coefficient (Wildman–Crippen LogP) is 4.55. The van der Waals surface area contributed by atoms with E-state index in [0.717, 1.165) is 14.8 Å². The molecule has 0 bridgehead atoms. The highest BCUT2D eigenvalue weighted by molar-refractivity contribution is 9.10. The minimum absolute atomic E-state index is 0.215. The van der Waals surface area contributed by atoms with Gasteiger partial charge in [-0.25, -0.2) is 4.39 Å². The maximum absolute atomic E-state index is 13.4. The SMILES string of the molecule is NC(Cc1ccc(Cl)s1)c1ccc(Br)c(F)c1. The minimum atomic E-state index is -0.290. The average molecular weight is 335 g/mol. The number of nitrogens with two attached hydrogens (primary N) is 1. The second-order valence-electron chi connectivity index (χ2n) is 3.69. The lowest BCUT2D eigenvalue weighted by molar-refractivity contribution is 0.612. The van der Waals surface area contributed by atoms with Gasteiger partial charge in [0.05, 0.1) is 8.81 Å². The van der Waals surface area contributed by atoms with E-state index in [-0.39, 0.29) is 11.9 Å². The largest absolute Gasteiger partial charge is 0.324 e.